The summed E-state index contributed by atoms with van der Waals surface area (Å²) in [5, 5.41) is 2.82. The van der Waals surface area contributed by atoms with Crippen molar-refractivity contribution in [2.75, 3.05) is 12.4 Å². The molecule has 2 nitrogen and oxygen atoms in total. The molecule has 1 aliphatic carbocycles. The van der Waals surface area contributed by atoms with Crippen molar-refractivity contribution < 1.29 is 9.18 Å². The molecular weight excluding hydrogens is 253 g/mol. The Morgan fingerprint density at radius 1 is 1.50 bits per heavy atom. The fourth-order valence-electron chi connectivity index (χ4n) is 2.07. The van der Waals surface area contributed by atoms with E-state index in [0.717, 1.165) is 24.8 Å². The number of rotatable bonds is 5. The zero-order valence-corrected chi connectivity index (χ0v) is 11.2. The van der Waals surface area contributed by atoms with Crippen molar-refractivity contribution in [3.63, 3.8) is 0 Å². The first kappa shape index (κ1) is 13.3. The molecule has 0 bridgehead atoms. The molecule has 0 aromatic heterocycles. The number of amides is 1. The molecule has 4 heteroatoms. The maximum Gasteiger partial charge on any atom is 0.254 e. The van der Waals surface area contributed by atoms with Crippen molar-refractivity contribution in [3.05, 3.63) is 35.1 Å². The van der Waals surface area contributed by atoms with E-state index >= 15 is 0 Å². The molecule has 0 radical (unpaired) electrons. The SMILES string of the molecule is Cc1ccc(F)c(C(=O)NCC2(CCCl)CC2)c1. The van der Waals surface area contributed by atoms with Gasteiger partial charge in [0.25, 0.3) is 5.91 Å². The maximum atomic E-state index is 13.5. The van der Waals surface area contributed by atoms with Gasteiger partial charge in [0.15, 0.2) is 0 Å². The van der Waals surface area contributed by atoms with Crippen LogP contribution in [0.15, 0.2) is 18.2 Å². The van der Waals surface area contributed by atoms with Crippen LogP contribution in [0.25, 0.3) is 0 Å². The van der Waals surface area contributed by atoms with Crippen LogP contribution in [0.5, 0.6) is 0 Å². The summed E-state index contributed by atoms with van der Waals surface area (Å²) in [7, 11) is 0. The van der Waals surface area contributed by atoms with Crippen LogP contribution in [0.1, 0.15) is 35.2 Å². The summed E-state index contributed by atoms with van der Waals surface area (Å²) in [5.74, 6) is -0.202. The lowest BCUT2D eigenvalue weighted by atomic mass is 10.0. The minimum atomic E-state index is -0.472. The minimum Gasteiger partial charge on any atom is -0.351 e. The number of carbonyl (C=O) groups excluding carboxylic acids is 1. The molecule has 0 unspecified atom stereocenters. The number of nitrogens with one attached hydrogen (secondary N) is 1. The van der Waals surface area contributed by atoms with Gasteiger partial charge in [0.05, 0.1) is 5.56 Å². The van der Waals surface area contributed by atoms with Gasteiger partial charge in [-0.3, -0.25) is 4.79 Å². The van der Waals surface area contributed by atoms with Gasteiger partial charge in [-0.05, 0) is 43.7 Å². The van der Waals surface area contributed by atoms with Crippen LogP contribution >= 0.6 is 11.6 Å². The van der Waals surface area contributed by atoms with Crippen LogP contribution < -0.4 is 5.32 Å². The number of benzene rings is 1. The third-order valence-electron chi connectivity index (χ3n) is 3.57. The Kier molecular flexibility index (Phi) is 3.91. The maximum absolute atomic E-state index is 13.5. The van der Waals surface area contributed by atoms with E-state index in [2.05, 4.69) is 5.32 Å². The van der Waals surface area contributed by atoms with Crippen LogP contribution in [0, 0.1) is 18.2 Å². The Balaban J connectivity index is 1.98. The lowest BCUT2D eigenvalue weighted by Crippen LogP contribution is -2.31. The zero-order valence-electron chi connectivity index (χ0n) is 10.4. The van der Waals surface area contributed by atoms with Crippen LogP contribution in [0.4, 0.5) is 4.39 Å². The van der Waals surface area contributed by atoms with E-state index < -0.39 is 5.82 Å². The number of aryl methyl sites for hydroxylation is 1. The highest BCUT2D eigenvalue weighted by molar-refractivity contribution is 6.17. The molecule has 1 saturated carbocycles. The summed E-state index contributed by atoms with van der Waals surface area (Å²) in [6, 6.07) is 4.56. The summed E-state index contributed by atoms with van der Waals surface area (Å²) in [6.07, 6.45) is 3.09. The molecule has 1 N–H and O–H groups in total. The Morgan fingerprint density at radius 2 is 2.22 bits per heavy atom. The fraction of sp³-hybridized carbons (Fsp3) is 0.500. The highest BCUT2D eigenvalue weighted by Gasteiger charge is 2.41. The second-order valence-corrected chi connectivity index (χ2v) is 5.48. The van der Waals surface area contributed by atoms with Gasteiger partial charge in [0, 0.05) is 12.4 Å². The zero-order chi connectivity index (χ0) is 13.2. The van der Waals surface area contributed by atoms with Gasteiger partial charge in [-0.1, -0.05) is 11.6 Å². The highest BCUT2D eigenvalue weighted by Crippen LogP contribution is 2.48. The molecule has 2 rings (SSSR count). The number of halogens is 2. The summed E-state index contributed by atoms with van der Waals surface area (Å²) in [6.45, 7) is 2.43. The molecule has 0 aliphatic heterocycles. The van der Waals surface area contributed by atoms with Crippen molar-refractivity contribution in [3.8, 4) is 0 Å². The smallest absolute Gasteiger partial charge is 0.254 e. The first-order chi connectivity index (χ1) is 8.56. The summed E-state index contributed by atoms with van der Waals surface area (Å²) in [5.41, 5.74) is 1.16. The van der Waals surface area contributed by atoms with Gasteiger partial charge in [0.1, 0.15) is 5.82 Å². The molecule has 0 atom stereocenters. The largest absolute Gasteiger partial charge is 0.351 e. The molecule has 1 amide bonds. The van der Waals surface area contributed by atoms with E-state index in [1.165, 1.54) is 6.07 Å². The molecule has 1 aromatic carbocycles. The summed E-state index contributed by atoms with van der Waals surface area (Å²) >= 11 is 5.73. The summed E-state index contributed by atoms with van der Waals surface area (Å²) in [4.78, 5) is 11.9. The summed E-state index contributed by atoms with van der Waals surface area (Å²) < 4.78 is 13.5. The van der Waals surface area contributed by atoms with Gasteiger partial charge >= 0.3 is 0 Å². The lowest BCUT2D eigenvalue weighted by Gasteiger charge is -2.14. The first-order valence-electron chi connectivity index (χ1n) is 6.17. The van der Waals surface area contributed by atoms with Crippen molar-refractivity contribution >= 4 is 17.5 Å². The average Bonchev–Trinajstić information content (AvgIpc) is 3.10. The number of carbonyl (C=O) groups is 1. The Bertz CT molecular complexity index is 457. The predicted octanol–water partition coefficient (Wildman–Crippen LogP) is 3.27. The fourth-order valence-corrected chi connectivity index (χ4v) is 2.47. The molecular formula is C14H17ClFNO. The Morgan fingerprint density at radius 3 is 2.83 bits per heavy atom. The van der Waals surface area contributed by atoms with Gasteiger partial charge in [-0.2, -0.15) is 0 Å². The molecule has 0 saturated heterocycles. The van der Waals surface area contributed by atoms with Crippen molar-refractivity contribution in [1.82, 2.24) is 5.32 Å². The van der Waals surface area contributed by atoms with Crippen molar-refractivity contribution in [1.29, 1.82) is 0 Å². The van der Waals surface area contributed by atoms with Crippen molar-refractivity contribution in [2.45, 2.75) is 26.2 Å². The molecule has 98 valence electrons. The van der Waals surface area contributed by atoms with E-state index in [9.17, 15) is 9.18 Å². The van der Waals surface area contributed by atoms with Crippen LogP contribution in [-0.4, -0.2) is 18.3 Å². The molecule has 1 fully saturated rings. The first-order valence-corrected chi connectivity index (χ1v) is 6.70. The van der Waals surface area contributed by atoms with Crippen LogP contribution in [-0.2, 0) is 0 Å². The second kappa shape index (κ2) is 5.27. The topological polar surface area (TPSA) is 29.1 Å². The highest BCUT2D eigenvalue weighted by atomic mass is 35.5. The van der Waals surface area contributed by atoms with E-state index in [0.29, 0.717) is 12.4 Å². The Hall–Kier alpha value is -1.09. The lowest BCUT2D eigenvalue weighted by molar-refractivity contribution is 0.0940. The minimum absolute atomic E-state index is 0.122. The van der Waals surface area contributed by atoms with E-state index in [4.69, 9.17) is 11.6 Å². The molecule has 1 aromatic rings. The molecule has 18 heavy (non-hydrogen) atoms. The Labute approximate surface area is 112 Å². The van der Waals surface area contributed by atoms with E-state index in [-0.39, 0.29) is 16.9 Å². The normalized spacial score (nSPS) is 16.4. The molecule has 0 heterocycles. The predicted molar refractivity (Wildman–Crippen MR) is 70.5 cm³/mol. The molecule has 0 spiro atoms. The monoisotopic (exact) mass is 269 g/mol. The van der Waals surface area contributed by atoms with Crippen LogP contribution in [0.3, 0.4) is 0 Å². The number of alkyl halides is 1. The number of hydrogen-bond acceptors (Lipinski definition) is 1. The second-order valence-electron chi connectivity index (χ2n) is 5.10. The van der Waals surface area contributed by atoms with E-state index in [1.807, 2.05) is 6.92 Å². The quantitative estimate of drug-likeness (QED) is 0.817. The van der Waals surface area contributed by atoms with Gasteiger partial charge in [-0.15, -0.1) is 11.6 Å². The van der Waals surface area contributed by atoms with E-state index in [1.54, 1.807) is 12.1 Å². The number of hydrogen-bond donors (Lipinski definition) is 1. The van der Waals surface area contributed by atoms with Crippen molar-refractivity contribution in [2.24, 2.45) is 5.41 Å². The average molecular weight is 270 g/mol. The van der Waals surface area contributed by atoms with Gasteiger partial charge < -0.3 is 5.32 Å². The third-order valence-corrected chi connectivity index (χ3v) is 3.76. The third kappa shape index (κ3) is 3.02. The standard InChI is InChI=1S/C14H17ClFNO/c1-10-2-3-12(16)11(8-10)13(18)17-9-14(4-5-14)6-7-15/h2-3,8H,4-7,9H2,1H3,(H,17,18). The van der Waals surface area contributed by atoms with Gasteiger partial charge in [0.2, 0.25) is 0 Å². The van der Waals surface area contributed by atoms with Gasteiger partial charge in [-0.25, -0.2) is 4.39 Å². The molecule has 1 aliphatic rings. The van der Waals surface area contributed by atoms with Crippen LogP contribution in [0.2, 0.25) is 0 Å².